The van der Waals surface area contributed by atoms with E-state index in [9.17, 15) is 18.4 Å². The maximum Gasteiger partial charge on any atom is 0.338 e. The summed E-state index contributed by atoms with van der Waals surface area (Å²) in [6.45, 7) is 1.41. The van der Waals surface area contributed by atoms with Crippen molar-refractivity contribution in [2.24, 2.45) is 0 Å². The number of nitrogens with zero attached hydrogens (tertiary/aromatic N) is 1. The molecule has 5 nitrogen and oxygen atoms in total. The van der Waals surface area contributed by atoms with Crippen LogP contribution in [0.3, 0.4) is 0 Å². The van der Waals surface area contributed by atoms with Gasteiger partial charge in [0.25, 0.3) is 11.7 Å². The van der Waals surface area contributed by atoms with Gasteiger partial charge in [0.15, 0.2) is 6.10 Å². The van der Waals surface area contributed by atoms with E-state index in [1.165, 1.54) is 43.3 Å². The average molecular weight is 376 g/mol. The maximum absolute atomic E-state index is 12.3. The van der Waals surface area contributed by atoms with Gasteiger partial charge in [-0.3, -0.25) is 4.79 Å². The molecule has 0 aromatic heterocycles. The lowest BCUT2D eigenvalue weighted by Crippen LogP contribution is -2.30. The molecule has 1 amide bonds. The Morgan fingerprint density at radius 1 is 1.19 bits per heavy atom. The molecule has 0 radical (unpaired) electrons. The average Bonchev–Trinajstić information content (AvgIpc) is 2.62. The minimum absolute atomic E-state index is 0.164. The Morgan fingerprint density at radius 3 is 2.50 bits per heavy atom. The van der Waals surface area contributed by atoms with Crippen molar-refractivity contribution in [1.82, 2.24) is 0 Å². The van der Waals surface area contributed by atoms with E-state index in [0.29, 0.717) is 27.9 Å². The molecule has 1 atom stereocenters. The van der Waals surface area contributed by atoms with E-state index in [-0.39, 0.29) is 5.56 Å². The Balaban J connectivity index is 1.94. The molecule has 0 unspecified atom stereocenters. The summed E-state index contributed by atoms with van der Waals surface area (Å²) in [5.41, 5.74) is 0.860. The Morgan fingerprint density at radius 2 is 1.88 bits per heavy atom. The number of rotatable bonds is 6. The van der Waals surface area contributed by atoms with Crippen LogP contribution >= 0.6 is 11.8 Å². The van der Waals surface area contributed by atoms with Crippen LogP contribution in [0.1, 0.15) is 22.8 Å². The van der Waals surface area contributed by atoms with E-state index in [1.54, 1.807) is 12.1 Å². The molecule has 0 aliphatic rings. The topological polar surface area (TPSA) is 79.2 Å². The van der Waals surface area contributed by atoms with E-state index in [4.69, 9.17) is 10.00 Å². The minimum Gasteiger partial charge on any atom is -0.449 e. The van der Waals surface area contributed by atoms with Gasteiger partial charge in [0, 0.05) is 10.6 Å². The molecule has 0 saturated heterocycles. The molecule has 2 rings (SSSR count). The van der Waals surface area contributed by atoms with Gasteiger partial charge in [0.1, 0.15) is 0 Å². The number of amides is 1. The van der Waals surface area contributed by atoms with Gasteiger partial charge in [0.05, 0.1) is 17.2 Å². The van der Waals surface area contributed by atoms with Gasteiger partial charge in [-0.1, -0.05) is 17.8 Å². The summed E-state index contributed by atoms with van der Waals surface area (Å²) < 4.78 is 29.6. The van der Waals surface area contributed by atoms with Crippen LogP contribution in [0.2, 0.25) is 0 Å². The molecule has 8 heteroatoms. The maximum atomic E-state index is 12.3. The number of hydrogen-bond donors (Lipinski definition) is 1. The quantitative estimate of drug-likeness (QED) is 0.608. The van der Waals surface area contributed by atoms with E-state index < -0.39 is 23.7 Å². The molecule has 0 fully saturated rings. The molecule has 0 aliphatic heterocycles. The van der Waals surface area contributed by atoms with E-state index in [0.717, 1.165) is 0 Å². The molecular weight excluding hydrogens is 362 g/mol. The van der Waals surface area contributed by atoms with E-state index >= 15 is 0 Å². The number of carbonyl (C=O) groups is 2. The van der Waals surface area contributed by atoms with E-state index in [2.05, 4.69) is 5.32 Å². The monoisotopic (exact) mass is 376 g/mol. The lowest BCUT2D eigenvalue weighted by molar-refractivity contribution is -0.123. The van der Waals surface area contributed by atoms with Crippen molar-refractivity contribution in [3.05, 3.63) is 59.7 Å². The predicted molar refractivity (Wildman–Crippen MR) is 93.0 cm³/mol. The summed E-state index contributed by atoms with van der Waals surface area (Å²) in [5.74, 6) is -3.81. The van der Waals surface area contributed by atoms with Gasteiger partial charge >= 0.3 is 5.97 Å². The smallest absolute Gasteiger partial charge is 0.338 e. The fourth-order valence-corrected chi connectivity index (χ4v) is 2.46. The Kier molecular flexibility index (Phi) is 6.69. The highest BCUT2D eigenvalue weighted by molar-refractivity contribution is 7.99. The fourth-order valence-electron chi connectivity index (χ4n) is 1.96. The minimum atomic E-state index is -2.52. The summed E-state index contributed by atoms with van der Waals surface area (Å²) >= 11 is 0.403. The summed E-state index contributed by atoms with van der Waals surface area (Å²) in [7, 11) is 0. The number of carbonyl (C=O) groups excluding carboxylic acids is 2. The molecule has 0 heterocycles. The number of hydrogen-bond acceptors (Lipinski definition) is 5. The molecule has 26 heavy (non-hydrogen) atoms. The van der Waals surface area contributed by atoms with Crippen LogP contribution in [0.15, 0.2) is 53.4 Å². The Hall–Kier alpha value is -2.92. The van der Waals surface area contributed by atoms with Crippen LogP contribution in [0.5, 0.6) is 0 Å². The summed E-state index contributed by atoms with van der Waals surface area (Å²) in [6, 6.07) is 13.7. The van der Waals surface area contributed by atoms with Gasteiger partial charge in [-0.25, -0.2) is 4.79 Å². The zero-order chi connectivity index (χ0) is 19.1. The number of thioether (sulfide) groups is 1. The number of anilines is 1. The number of esters is 1. The molecule has 0 bridgehead atoms. The van der Waals surface area contributed by atoms with Crippen LogP contribution in [0, 0.1) is 11.3 Å². The fraction of sp³-hybridized carbons (Fsp3) is 0.167. The number of nitriles is 1. The molecule has 134 valence electrons. The molecule has 2 aromatic carbocycles. The standard InChI is InChI=1S/C18H14F2N2O3S/c1-11(25-17(24)13-4-2-3-12(9-13)10-21)16(23)22-14-5-7-15(8-6-14)26-18(19)20/h2-9,11,18H,1H3,(H,22,23)/t11-/m0/s1. The van der Waals surface area contributed by atoms with Crippen molar-refractivity contribution in [2.75, 3.05) is 5.32 Å². The van der Waals surface area contributed by atoms with Crippen LogP contribution in [0.4, 0.5) is 14.5 Å². The second-order valence-corrected chi connectivity index (χ2v) is 6.20. The molecule has 0 aliphatic carbocycles. The first-order valence-corrected chi connectivity index (χ1v) is 8.34. The zero-order valence-electron chi connectivity index (χ0n) is 13.6. The lowest BCUT2D eigenvalue weighted by atomic mass is 10.1. The zero-order valence-corrected chi connectivity index (χ0v) is 14.4. The van der Waals surface area contributed by atoms with Gasteiger partial charge in [0.2, 0.25) is 0 Å². The third-order valence-corrected chi connectivity index (χ3v) is 3.95. The number of benzene rings is 2. The van der Waals surface area contributed by atoms with Crippen molar-refractivity contribution in [3.63, 3.8) is 0 Å². The second-order valence-electron chi connectivity index (χ2n) is 5.13. The van der Waals surface area contributed by atoms with E-state index in [1.807, 2.05) is 6.07 Å². The molecule has 0 spiro atoms. The van der Waals surface area contributed by atoms with Gasteiger partial charge in [-0.15, -0.1) is 0 Å². The highest BCUT2D eigenvalue weighted by atomic mass is 32.2. The van der Waals surface area contributed by atoms with Crippen LogP contribution in [-0.2, 0) is 9.53 Å². The molecular formula is C18H14F2N2O3S. The van der Waals surface area contributed by atoms with Crippen molar-refractivity contribution in [1.29, 1.82) is 5.26 Å². The Bertz CT molecular complexity index is 835. The highest BCUT2D eigenvalue weighted by Crippen LogP contribution is 2.26. The largest absolute Gasteiger partial charge is 0.449 e. The number of ether oxygens (including phenoxy) is 1. The summed E-state index contributed by atoms with van der Waals surface area (Å²) in [4.78, 5) is 24.5. The second kappa shape index (κ2) is 8.97. The first kappa shape index (κ1) is 19.4. The molecule has 1 N–H and O–H groups in total. The number of halogens is 2. The van der Waals surface area contributed by atoms with Crippen molar-refractivity contribution in [3.8, 4) is 6.07 Å². The molecule has 2 aromatic rings. The molecule has 0 saturated carbocycles. The first-order valence-electron chi connectivity index (χ1n) is 7.46. The van der Waals surface area contributed by atoms with Crippen LogP contribution in [-0.4, -0.2) is 23.7 Å². The van der Waals surface area contributed by atoms with Gasteiger partial charge in [-0.05, 0) is 49.4 Å². The third kappa shape index (κ3) is 5.57. The predicted octanol–water partition coefficient (Wildman–Crippen LogP) is 4.06. The highest BCUT2D eigenvalue weighted by Gasteiger charge is 2.19. The number of nitrogens with one attached hydrogen (secondary N) is 1. The Labute approximate surface area is 153 Å². The van der Waals surface area contributed by atoms with Crippen molar-refractivity contribution < 1.29 is 23.1 Å². The summed E-state index contributed by atoms with van der Waals surface area (Å²) in [6.07, 6.45) is -1.08. The number of alkyl halides is 2. The van der Waals surface area contributed by atoms with Gasteiger partial charge in [-0.2, -0.15) is 14.0 Å². The first-order chi connectivity index (χ1) is 12.4. The van der Waals surface area contributed by atoms with Gasteiger partial charge < -0.3 is 10.1 Å². The van der Waals surface area contributed by atoms with Crippen LogP contribution < -0.4 is 5.32 Å². The normalized spacial score (nSPS) is 11.5. The third-order valence-electron chi connectivity index (χ3n) is 3.23. The lowest BCUT2D eigenvalue weighted by Gasteiger charge is -2.14. The van der Waals surface area contributed by atoms with Crippen molar-refractivity contribution in [2.45, 2.75) is 23.7 Å². The van der Waals surface area contributed by atoms with Crippen molar-refractivity contribution >= 4 is 29.3 Å². The van der Waals surface area contributed by atoms with Crippen LogP contribution in [0.25, 0.3) is 0 Å². The summed E-state index contributed by atoms with van der Waals surface area (Å²) in [5, 5.41) is 11.4. The SMILES string of the molecule is C[C@H](OC(=O)c1cccc(C#N)c1)C(=O)Nc1ccc(SC(F)F)cc1.